The molecule has 1 aliphatic rings. The van der Waals surface area contributed by atoms with Gasteiger partial charge in [-0.1, -0.05) is 11.2 Å². The van der Waals surface area contributed by atoms with E-state index in [1.165, 1.54) is 23.1 Å². The zero-order chi connectivity index (χ0) is 22.4. The van der Waals surface area contributed by atoms with Gasteiger partial charge in [-0.3, -0.25) is 4.79 Å². The van der Waals surface area contributed by atoms with E-state index in [1.807, 2.05) is 31.4 Å². The molecule has 2 aromatic rings. The van der Waals surface area contributed by atoms with Crippen molar-refractivity contribution < 1.29 is 28.4 Å². The number of rotatable bonds is 9. The number of thioether (sulfide) groups is 1. The van der Waals surface area contributed by atoms with Crippen molar-refractivity contribution >= 4 is 41.1 Å². The first kappa shape index (κ1) is 22.9. The predicted octanol–water partition coefficient (Wildman–Crippen LogP) is 3.00. The lowest BCUT2D eigenvalue weighted by Gasteiger charge is -2.28. The molecule has 2 N–H and O–H groups in total. The highest BCUT2D eigenvalue weighted by Gasteiger charge is 2.34. The van der Waals surface area contributed by atoms with Crippen molar-refractivity contribution in [2.75, 3.05) is 19.0 Å². The van der Waals surface area contributed by atoms with Crippen LogP contribution >= 0.6 is 23.1 Å². The molecular formula is C20H23N3O6S2. The van der Waals surface area contributed by atoms with Crippen molar-refractivity contribution in [3.63, 3.8) is 0 Å². The second kappa shape index (κ2) is 10.5. The first-order valence-electron chi connectivity index (χ1n) is 9.56. The van der Waals surface area contributed by atoms with E-state index in [0.717, 1.165) is 21.9 Å². The summed E-state index contributed by atoms with van der Waals surface area (Å²) in [4.78, 5) is 37.8. The molecule has 0 saturated heterocycles. The fourth-order valence-electron chi connectivity index (χ4n) is 2.99. The lowest BCUT2D eigenvalue weighted by molar-refractivity contribution is -0.141. The van der Waals surface area contributed by atoms with Crippen LogP contribution in [-0.2, 0) is 24.8 Å². The smallest absolute Gasteiger partial charge is 0.338 e. The molecule has 0 radical (unpaired) electrons. The van der Waals surface area contributed by atoms with Crippen LogP contribution in [0.3, 0.4) is 0 Å². The molecule has 0 bridgehead atoms. The molecular weight excluding hydrogens is 442 g/mol. The number of thiophene rings is 1. The third kappa shape index (κ3) is 5.67. The summed E-state index contributed by atoms with van der Waals surface area (Å²) < 4.78 is 15.6. The van der Waals surface area contributed by atoms with Crippen LogP contribution in [0.15, 0.2) is 33.3 Å². The molecule has 0 aromatic carbocycles. The number of hydrogen-bond donors (Lipinski definition) is 2. The molecule has 3 rings (SSSR count). The highest BCUT2D eigenvalue weighted by Crippen LogP contribution is 2.30. The fraction of sp³-hybridized carbons (Fsp3) is 0.400. The van der Waals surface area contributed by atoms with E-state index in [9.17, 15) is 14.4 Å². The average Bonchev–Trinajstić information content (AvgIpc) is 3.37. The first-order valence-corrected chi connectivity index (χ1v) is 11.6. The molecule has 1 aliphatic heterocycles. The van der Waals surface area contributed by atoms with Crippen molar-refractivity contribution in [2.45, 2.75) is 32.6 Å². The number of aryl methyl sites for hydroxylation is 2. The number of ether oxygens (including phenoxy) is 2. The Balaban J connectivity index is 1.67. The summed E-state index contributed by atoms with van der Waals surface area (Å²) in [5.41, 5.74) is 2.18. The quantitative estimate of drug-likeness (QED) is 0.543. The van der Waals surface area contributed by atoms with E-state index >= 15 is 0 Å². The molecule has 0 spiro atoms. The molecule has 11 heteroatoms. The van der Waals surface area contributed by atoms with Crippen LogP contribution in [0.25, 0.3) is 0 Å². The normalized spacial score (nSPS) is 16.0. The second-order valence-electron chi connectivity index (χ2n) is 6.62. The van der Waals surface area contributed by atoms with Gasteiger partial charge in [-0.05, 0) is 32.2 Å². The Labute approximate surface area is 187 Å². The van der Waals surface area contributed by atoms with Crippen LogP contribution < -0.4 is 10.6 Å². The lowest BCUT2D eigenvalue weighted by atomic mass is 10.0. The Morgan fingerprint density at radius 3 is 2.77 bits per heavy atom. The molecule has 31 heavy (non-hydrogen) atoms. The van der Waals surface area contributed by atoms with Gasteiger partial charge in [0.25, 0.3) is 0 Å². The van der Waals surface area contributed by atoms with Gasteiger partial charge in [0.15, 0.2) is 0 Å². The van der Waals surface area contributed by atoms with Crippen LogP contribution in [0.4, 0.5) is 4.79 Å². The third-order valence-electron chi connectivity index (χ3n) is 4.50. The number of amides is 2. The van der Waals surface area contributed by atoms with Crippen LogP contribution in [0.5, 0.6) is 0 Å². The van der Waals surface area contributed by atoms with Crippen molar-refractivity contribution in [1.29, 1.82) is 0 Å². The van der Waals surface area contributed by atoms with Gasteiger partial charge in [-0.25, -0.2) is 9.59 Å². The molecule has 0 aliphatic carbocycles. The molecule has 3 heterocycles. The summed E-state index contributed by atoms with van der Waals surface area (Å²) in [6.07, 6.45) is 0. The monoisotopic (exact) mass is 465 g/mol. The minimum Gasteiger partial charge on any atom is -0.463 e. The van der Waals surface area contributed by atoms with Gasteiger partial charge in [-0.15, -0.1) is 23.1 Å². The van der Waals surface area contributed by atoms with Gasteiger partial charge in [-0.2, -0.15) is 0 Å². The standard InChI is InChI=1S/C20H23N3O6S2/c1-4-27-19(25)17-14(21-20(26)22-18(17)15-6-5-7-31-15)8-28-16(24)10-30-9-13-11(2)23-29-12(13)3/h5-7,18H,4,8-10H2,1-3H3,(H2,21,22,26)/t18-/m1/s1. The van der Waals surface area contributed by atoms with E-state index in [2.05, 4.69) is 15.8 Å². The Morgan fingerprint density at radius 2 is 2.13 bits per heavy atom. The number of aromatic nitrogens is 1. The summed E-state index contributed by atoms with van der Waals surface area (Å²) in [6.45, 7) is 5.30. The number of carbonyl (C=O) groups excluding carboxylic acids is 3. The number of urea groups is 1. The third-order valence-corrected chi connectivity index (χ3v) is 6.37. The Kier molecular flexibility index (Phi) is 7.75. The SMILES string of the molecule is CCOC(=O)C1=C(COC(=O)CSCc2c(C)noc2C)NC(=O)N[C@@H]1c1cccs1. The Hall–Kier alpha value is -2.79. The highest BCUT2D eigenvalue weighted by molar-refractivity contribution is 7.99. The summed E-state index contributed by atoms with van der Waals surface area (Å²) >= 11 is 2.77. The van der Waals surface area contributed by atoms with Crippen molar-refractivity contribution in [3.8, 4) is 0 Å². The zero-order valence-electron chi connectivity index (χ0n) is 17.4. The topological polar surface area (TPSA) is 120 Å². The molecule has 2 aromatic heterocycles. The van der Waals surface area contributed by atoms with E-state index in [-0.39, 0.29) is 30.2 Å². The van der Waals surface area contributed by atoms with Crippen LogP contribution in [0.1, 0.15) is 34.9 Å². The highest BCUT2D eigenvalue weighted by atomic mass is 32.2. The molecule has 1 atom stereocenters. The summed E-state index contributed by atoms with van der Waals surface area (Å²) in [5.74, 6) is 0.348. The zero-order valence-corrected chi connectivity index (χ0v) is 19.0. The molecule has 0 fully saturated rings. The maximum Gasteiger partial charge on any atom is 0.338 e. The number of carbonyl (C=O) groups is 3. The first-order chi connectivity index (χ1) is 14.9. The molecule has 166 valence electrons. The van der Waals surface area contributed by atoms with Crippen LogP contribution in [-0.4, -0.2) is 42.1 Å². The minimum atomic E-state index is -0.671. The summed E-state index contributed by atoms with van der Waals surface area (Å²) in [5, 5.41) is 11.0. The van der Waals surface area contributed by atoms with Crippen molar-refractivity contribution in [2.24, 2.45) is 0 Å². The number of nitrogens with zero attached hydrogens (tertiary/aromatic N) is 1. The van der Waals surface area contributed by atoms with Gasteiger partial charge < -0.3 is 24.6 Å². The molecule has 0 saturated carbocycles. The minimum absolute atomic E-state index is 0.104. The molecule has 2 amide bonds. The summed E-state index contributed by atoms with van der Waals surface area (Å²) in [7, 11) is 0. The number of nitrogens with one attached hydrogen (secondary N) is 2. The van der Waals surface area contributed by atoms with Gasteiger partial charge in [0, 0.05) is 16.2 Å². The van der Waals surface area contributed by atoms with Gasteiger partial charge in [0.1, 0.15) is 12.4 Å². The van der Waals surface area contributed by atoms with Crippen molar-refractivity contribution in [3.05, 3.63) is 50.7 Å². The molecule has 9 nitrogen and oxygen atoms in total. The number of esters is 2. The maximum absolute atomic E-state index is 12.6. The lowest BCUT2D eigenvalue weighted by Crippen LogP contribution is -2.47. The van der Waals surface area contributed by atoms with E-state index in [1.54, 1.807) is 6.92 Å². The second-order valence-corrected chi connectivity index (χ2v) is 8.58. The van der Waals surface area contributed by atoms with Gasteiger partial charge in [0.05, 0.1) is 35.4 Å². The van der Waals surface area contributed by atoms with E-state index in [0.29, 0.717) is 5.75 Å². The predicted molar refractivity (Wildman–Crippen MR) is 115 cm³/mol. The van der Waals surface area contributed by atoms with Gasteiger partial charge in [0.2, 0.25) is 0 Å². The largest absolute Gasteiger partial charge is 0.463 e. The Morgan fingerprint density at radius 1 is 1.32 bits per heavy atom. The van der Waals surface area contributed by atoms with Crippen LogP contribution in [0.2, 0.25) is 0 Å². The van der Waals surface area contributed by atoms with Crippen molar-refractivity contribution in [1.82, 2.24) is 15.8 Å². The van der Waals surface area contributed by atoms with E-state index < -0.39 is 24.0 Å². The van der Waals surface area contributed by atoms with E-state index in [4.69, 9.17) is 14.0 Å². The average molecular weight is 466 g/mol. The Bertz CT molecular complexity index is 964. The summed E-state index contributed by atoms with van der Waals surface area (Å²) in [6, 6.07) is 2.49. The fourth-order valence-corrected chi connectivity index (χ4v) is 4.74. The molecule has 0 unspecified atom stereocenters. The van der Waals surface area contributed by atoms with Gasteiger partial charge >= 0.3 is 18.0 Å². The maximum atomic E-state index is 12.6. The van der Waals surface area contributed by atoms with Crippen LogP contribution in [0, 0.1) is 13.8 Å². The number of hydrogen-bond acceptors (Lipinski definition) is 9.